The van der Waals surface area contributed by atoms with Gasteiger partial charge in [-0.15, -0.1) is 0 Å². The van der Waals surface area contributed by atoms with Crippen LogP contribution >= 0.6 is 0 Å². The first-order valence-corrected chi connectivity index (χ1v) is 4.66. The van der Waals surface area contributed by atoms with Crippen molar-refractivity contribution in [3.63, 3.8) is 0 Å². The molecule has 0 saturated carbocycles. The van der Waals surface area contributed by atoms with Crippen LogP contribution in [0.1, 0.15) is 5.56 Å². The van der Waals surface area contributed by atoms with Gasteiger partial charge < -0.3 is 0 Å². The predicted molar refractivity (Wildman–Crippen MR) is 54.3 cm³/mol. The van der Waals surface area contributed by atoms with E-state index in [4.69, 9.17) is 0 Å². The van der Waals surface area contributed by atoms with E-state index >= 15 is 0 Å². The highest BCUT2D eigenvalue weighted by Crippen LogP contribution is 2.26. The van der Waals surface area contributed by atoms with Crippen molar-refractivity contribution in [2.24, 2.45) is 0 Å². The van der Waals surface area contributed by atoms with E-state index in [1.165, 1.54) is 31.3 Å². The van der Waals surface area contributed by atoms with E-state index in [0.29, 0.717) is 0 Å². The van der Waals surface area contributed by atoms with Crippen LogP contribution in [0.2, 0.25) is 0 Å². The quantitative estimate of drug-likeness (QED) is 0.721. The summed E-state index contributed by atoms with van der Waals surface area (Å²) in [5.74, 6) is -2.47. The Labute approximate surface area is 90.6 Å². The Morgan fingerprint density at radius 2 is 1.75 bits per heavy atom. The van der Waals surface area contributed by atoms with Gasteiger partial charge in [-0.05, 0) is 25.1 Å². The Balaban J connectivity index is 2.68. The smallest absolute Gasteiger partial charge is 0.168 e. The first kappa shape index (κ1) is 10.7. The van der Waals surface area contributed by atoms with E-state index in [1.54, 1.807) is 0 Å². The molecule has 1 nitrogen and oxygen atoms in total. The fraction of sp³-hybridized carbons (Fsp3) is 0.0833. The van der Waals surface area contributed by atoms with E-state index in [0.717, 1.165) is 6.07 Å². The molecule has 0 bridgehead atoms. The minimum atomic E-state index is -1.01. The van der Waals surface area contributed by atoms with E-state index in [9.17, 15) is 13.2 Å². The van der Waals surface area contributed by atoms with E-state index in [-0.39, 0.29) is 16.8 Å². The number of benzene rings is 1. The van der Waals surface area contributed by atoms with E-state index in [2.05, 4.69) is 4.98 Å². The third-order valence-electron chi connectivity index (χ3n) is 2.34. The van der Waals surface area contributed by atoms with Crippen LogP contribution in [0.3, 0.4) is 0 Å². The van der Waals surface area contributed by atoms with Gasteiger partial charge in [0.1, 0.15) is 5.82 Å². The van der Waals surface area contributed by atoms with Crippen molar-refractivity contribution in [2.45, 2.75) is 6.92 Å². The zero-order chi connectivity index (χ0) is 11.7. The number of pyridine rings is 1. The highest BCUT2D eigenvalue weighted by molar-refractivity contribution is 5.63. The highest BCUT2D eigenvalue weighted by Gasteiger charge is 2.14. The van der Waals surface area contributed by atoms with Crippen LogP contribution < -0.4 is 0 Å². The van der Waals surface area contributed by atoms with Gasteiger partial charge in [-0.1, -0.05) is 6.07 Å². The molecular formula is C12H8F3N. The maximum absolute atomic E-state index is 13.5. The zero-order valence-electron chi connectivity index (χ0n) is 8.47. The van der Waals surface area contributed by atoms with Gasteiger partial charge in [0.25, 0.3) is 0 Å². The Morgan fingerprint density at radius 1 is 1.00 bits per heavy atom. The van der Waals surface area contributed by atoms with Crippen molar-refractivity contribution in [3.8, 4) is 11.3 Å². The molecule has 0 fully saturated rings. The molecular weight excluding hydrogens is 215 g/mol. The molecule has 2 rings (SSSR count). The SMILES string of the molecule is Cc1c(F)ccnc1-c1cccc(F)c1F. The highest BCUT2D eigenvalue weighted by atomic mass is 19.2. The maximum Gasteiger partial charge on any atom is 0.168 e. The number of halogens is 3. The summed E-state index contributed by atoms with van der Waals surface area (Å²) in [4.78, 5) is 3.86. The third kappa shape index (κ3) is 1.66. The van der Waals surface area contributed by atoms with Crippen LogP contribution in [-0.4, -0.2) is 4.98 Å². The van der Waals surface area contributed by atoms with Gasteiger partial charge >= 0.3 is 0 Å². The van der Waals surface area contributed by atoms with E-state index in [1.807, 2.05) is 0 Å². The summed E-state index contributed by atoms with van der Waals surface area (Å²) in [7, 11) is 0. The Hall–Kier alpha value is -1.84. The first-order chi connectivity index (χ1) is 7.61. The average molecular weight is 223 g/mol. The molecule has 1 aromatic heterocycles. The number of hydrogen-bond acceptors (Lipinski definition) is 1. The molecule has 0 radical (unpaired) electrons. The normalized spacial score (nSPS) is 10.5. The molecule has 82 valence electrons. The Bertz CT molecular complexity index is 488. The van der Waals surface area contributed by atoms with Crippen LogP contribution in [0, 0.1) is 24.4 Å². The summed E-state index contributed by atoms with van der Waals surface area (Å²) >= 11 is 0. The number of aromatic nitrogens is 1. The van der Waals surface area contributed by atoms with E-state index < -0.39 is 17.5 Å². The first-order valence-electron chi connectivity index (χ1n) is 4.66. The lowest BCUT2D eigenvalue weighted by atomic mass is 10.1. The second kappa shape index (κ2) is 3.96. The summed E-state index contributed by atoms with van der Waals surface area (Å²) in [6.07, 6.45) is 1.22. The topological polar surface area (TPSA) is 12.9 Å². The molecule has 0 aliphatic carbocycles. The summed E-state index contributed by atoms with van der Waals surface area (Å²) in [6.45, 7) is 1.47. The lowest BCUT2D eigenvalue weighted by Gasteiger charge is -2.06. The molecule has 0 atom stereocenters. The minimum Gasteiger partial charge on any atom is -0.256 e. The van der Waals surface area contributed by atoms with Crippen LogP contribution in [0.25, 0.3) is 11.3 Å². The van der Waals surface area contributed by atoms with Gasteiger partial charge in [-0.3, -0.25) is 4.98 Å². The molecule has 0 unspecified atom stereocenters. The lowest BCUT2D eigenvalue weighted by Crippen LogP contribution is -1.96. The second-order valence-electron chi connectivity index (χ2n) is 3.37. The van der Waals surface area contributed by atoms with Gasteiger partial charge in [-0.25, -0.2) is 13.2 Å². The van der Waals surface area contributed by atoms with Gasteiger partial charge in [0.15, 0.2) is 11.6 Å². The van der Waals surface area contributed by atoms with Crippen molar-refractivity contribution in [2.75, 3.05) is 0 Å². The summed E-state index contributed by atoms with van der Waals surface area (Å²) in [6, 6.07) is 4.91. The number of rotatable bonds is 1. The Kier molecular flexibility index (Phi) is 2.64. The molecule has 1 heterocycles. The maximum atomic E-state index is 13.5. The number of nitrogens with zero attached hydrogens (tertiary/aromatic N) is 1. The largest absolute Gasteiger partial charge is 0.256 e. The van der Waals surface area contributed by atoms with Gasteiger partial charge in [0.2, 0.25) is 0 Å². The van der Waals surface area contributed by atoms with Crippen LogP contribution in [-0.2, 0) is 0 Å². The van der Waals surface area contributed by atoms with Crippen molar-refractivity contribution < 1.29 is 13.2 Å². The zero-order valence-corrected chi connectivity index (χ0v) is 8.47. The van der Waals surface area contributed by atoms with Crippen molar-refractivity contribution in [3.05, 3.63) is 53.5 Å². The lowest BCUT2D eigenvalue weighted by molar-refractivity contribution is 0.510. The van der Waals surface area contributed by atoms with Crippen LogP contribution in [0.4, 0.5) is 13.2 Å². The Morgan fingerprint density at radius 3 is 2.50 bits per heavy atom. The van der Waals surface area contributed by atoms with Crippen LogP contribution in [0.5, 0.6) is 0 Å². The monoisotopic (exact) mass is 223 g/mol. The minimum absolute atomic E-state index is 0.0306. The molecule has 16 heavy (non-hydrogen) atoms. The molecule has 0 spiro atoms. The molecule has 4 heteroatoms. The predicted octanol–water partition coefficient (Wildman–Crippen LogP) is 3.47. The second-order valence-corrected chi connectivity index (χ2v) is 3.37. The standard InChI is InChI=1S/C12H8F3N/c1-7-9(13)5-6-16-12(7)8-3-2-4-10(14)11(8)15/h2-6H,1H3. The molecule has 1 aromatic carbocycles. The number of hydrogen-bond donors (Lipinski definition) is 0. The fourth-order valence-corrected chi connectivity index (χ4v) is 1.47. The molecule has 2 aromatic rings. The van der Waals surface area contributed by atoms with Crippen molar-refractivity contribution in [1.29, 1.82) is 0 Å². The summed E-state index contributed by atoms with van der Waals surface area (Å²) in [5, 5.41) is 0. The molecule has 0 aliphatic heterocycles. The van der Waals surface area contributed by atoms with Gasteiger partial charge in [0, 0.05) is 17.3 Å². The molecule has 0 N–H and O–H groups in total. The summed E-state index contributed by atoms with van der Waals surface area (Å²) < 4.78 is 39.7. The van der Waals surface area contributed by atoms with Crippen molar-refractivity contribution >= 4 is 0 Å². The third-order valence-corrected chi connectivity index (χ3v) is 2.34. The van der Waals surface area contributed by atoms with Crippen LogP contribution in [0.15, 0.2) is 30.5 Å². The molecule has 0 amide bonds. The fourth-order valence-electron chi connectivity index (χ4n) is 1.47. The van der Waals surface area contributed by atoms with Crippen molar-refractivity contribution in [1.82, 2.24) is 4.98 Å². The van der Waals surface area contributed by atoms with Gasteiger partial charge in [-0.2, -0.15) is 0 Å². The molecule has 0 aliphatic rings. The van der Waals surface area contributed by atoms with Gasteiger partial charge in [0.05, 0.1) is 5.69 Å². The molecule has 0 saturated heterocycles. The average Bonchev–Trinajstić information content (AvgIpc) is 2.27. The summed E-state index contributed by atoms with van der Waals surface area (Å²) in [5.41, 5.74) is 0.293.